The summed E-state index contributed by atoms with van der Waals surface area (Å²) in [4.78, 5) is 23.4. The maximum Gasteiger partial charge on any atom is 0.264 e. The first-order chi connectivity index (χ1) is 8.58. The van der Waals surface area contributed by atoms with E-state index < -0.39 is 0 Å². The highest BCUT2D eigenvalue weighted by Gasteiger charge is 2.12. The van der Waals surface area contributed by atoms with Crippen LogP contribution in [0.25, 0.3) is 0 Å². The molecule has 0 spiro atoms. The van der Waals surface area contributed by atoms with Crippen molar-refractivity contribution in [3.8, 4) is 0 Å². The number of aromatic amines is 1. The molecule has 0 aliphatic rings. The minimum absolute atomic E-state index is 0.0692. The summed E-state index contributed by atoms with van der Waals surface area (Å²) >= 11 is 2.05. The Balaban J connectivity index is 2.38. The molecule has 0 saturated heterocycles. The summed E-state index contributed by atoms with van der Waals surface area (Å²) in [6.45, 7) is 4.07. The molecule has 0 fully saturated rings. The van der Waals surface area contributed by atoms with E-state index in [4.69, 9.17) is 0 Å². The van der Waals surface area contributed by atoms with E-state index in [2.05, 4.69) is 15.0 Å². The fourth-order valence-electron chi connectivity index (χ4n) is 1.67. The van der Waals surface area contributed by atoms with Crippen LogP contribution in [0.5, 0.6) is 0 Å². The molecule has 5 heteroatoms. The van der Waals surface area contributed by atoms with Gasteiger partial charge in [0.25, 0.3) is 5.56 Å². The topological polar surface area (TPSA) is 58.6 Å². The Labute approximate surface area is 119 Å². The third kappa shape index (κ3) is 2.95. The van der Waals surface area contributed by atoms with Crippen LogP contribution in [-0.4, -0.2) is 15.0 Å². The lowest BCUT2D eigenvalue weighted by Crippen LogP contribution is -2.19. The number of H-pyrrole nitrogens is 1. The lowest BCUT2D eigenvalue weighted by Gasteiger charge is -2.09. The van der Waals surface area contributed by atoms with Crippen LogP contribution in [0.4, 0.5) is 0 Å². The first-order valence-electron chi connectivity index (χ1n) is 5.76. The molecule has 0 radical (unpaired) electrons. The molecular weight excluding hydrogens is 341 g/mol. The molecule has 0 aliphatic heterocycles. The lowest BCUT2D eigenvalue weighted by molar-refractivity contribution is 0.771. The van der Waals surface area contributed by atoms with Gasteiger partial charge in [-0.25, -0.2) is 4.98 Å². The number of hydrogen-bond donors (Lipinski definition) is 1. The van der Waals surface area contributed by atoms with Gasteiger partial charge in [-0.2, -0.15) is 0 Å². The van der Waals surface area contributed by atoms with Crippen LogP contribution >= 0.6 is 22.6 Å². The van der Waals surface area contributed by atoms with E-state index in [0.717, 1.165) is 11.4 Å². The molecule has 2 aromatic heterocycles. The average molecular weight is 355 g/mol. The average Bonchev–Trinajstić information content (AvgIpc) is 2.34. The molecule has 0 unspecified atom stereocenters. The molecule has 1 N–H and O–H groups in total. The molecule has 94 valence electrons. The van der Waals surface area contributed by atoms with Gasteiger partial charge in [0.15, 0.2) is 0 Å². The van der Waals surface area contributed by atoms with Crippen LogP contribution in [0.3, 0.4) is 0 Å². The zero-order chi connectivity index (χ0) is 13.1. The second kappa shape index (κ2) is 5.60. The van der Waals surface area contributed by atoms with E-state index in [1.165, 1.54) is 0 Å². The Hall–Kier alpha value is -1.24. The number of halogens is 1. The van der Waals surface area contributed by atoms with Gasteiger partial charge in [-0.1, -0.05) is 19.9 Å². The fraction of sp³-hybridized carbons (Fsp3) is 0.308. The SMILES string of the molecule is CC(C)c1nc(Cc2ccccn2)[nH]c(=O)c1I. The molecule has 4 nitrogen and oxygen atoms in total. The maximum absolute atomic E-state index is 11.8. The summed E-state index contributed by atoms with van der Waals surface area (Å²) in [6.07, 6.45) is 2.29. The van der Waals surface area contributed by atoms with Crippen LogP contribution in [0.1, 0.15) is 37.0 Å². The van der Waals surface area contributed by atoms with Gasteiger partial charge in [0.1, 0.15) is 5.82 Å². The van der Waals surface area contributed by atoms with Crippen LogP contribution in [0.2, 0.25) is 0 Å². The van der Waals surface area contributed by atoms with Crippen molar-refractivity contribution in [2.45, 2.75) is 26.2 Å². The highest BCUT2D eigenvalue weighted by atomic mass is 127. The molecule has 2 rings (SSSR count). The van der Waals surface area contributed by atoms with Gasteiger partial charge in [-0.15, -0.1) is 0 Å². The van der Waals surface area contributed by atoms with Crippen molar-refractivity contribution >= 4 is 22.6 Å². The summed E-state index contributed by atoms with van der Waals surface area (Å²) in [5.74, 6) is 0.907. The van der Waals surface area contributed by atoms with E-state index in [9.17, 15) is 4.79 Å². The van der Waals surface area contributed by atoms with E-state index in [-0.39, 0.29) is 11.5 Å². The molecule has 0 aliphatic carbocycles. The van der Waals surface area contributed by atoms with Crippen molar-refractivity contribution in [1.29, 1.82) is 0 Å². The Morgan fingerprint density at radius 3 is 2.78 bits per heavy atom. The third-order valence-corrected chi connectivity index (χ3v) is 3.60. The zero-order valence-electron chi connectivity index (χ0n) is 10.3. The lowest BCUT2D eigenvalue weighted by atomic mass is 10.1. The van der Waals surface area contributed by atoms with E-state index in [0.29, 0.717) is 15.8 Å². The molecule has 0 bridgehead atoms. The van der Waals surface area contributed by atoms with Gasteiger partial charge in [-0.3, -0.25) is 9.78 Å². The third-order valence-electron chi connectivity index (χ3n) is 2.56. The summed E-state index contributed by atoms with van der Waals surface area (Å²) in [5.41, 5.74) is 1.68. The van der Waals surface area contributed by atoms with Gasteiger partial charge >= 0.3 is 0 Å². The smallest absolute Gasteiger partial charge is 0.264 e. The summed E-state index contributed by atoms with van der Waals surface area (Å²) in [7, 11) is 0. The largest absolute Gasteiger partial charge is 0.309 e. The van der Waals surface area contributed by atoms with Crippen molar-refractivity contribution < 1.29 is 0 Å². The number of nitrogens with one attached hydrogen (secondary N) is 1. The quantitative estimate of drug-likeness (QED) is 0.861. The molecular formula is C13H14IN3O. The van der Waals surface area contributed by atoms with Crippen LogP contribution in [0.15, 0.2) is 29.2 Å². The first-order valence-corrected chi connectivity index (χ1v) is 6.84. The van der Waals surface area contributed by atoms with E-state index in [1.54, 1.807) is 6.20 Å². The number of hydrogen-bond acceptors (Lipinski definition) is 3. The van der Waals surface area contributed by atoms with Crippen molar-refractivity contribution in [2.75, 3.05) is 0 Å². The standard InChI is InChI=1S/C13H14IN3O/c1-8(2)12-11(14)13(18)17-10(16-12)7-9-5-3-4-6-15-9/h3-6,8H,7H2,1-2H3,(H,16,17,18). The normalized spacial score (nSPS) is 10.9. The van der Waals surface area contributed by atoms with Gasteiger partial charge in [0, 0.05) is 18.3 Å². The number of rotatable bonds is 3. The van der Waals surface area contributed by atoms with Gasteiger partial charge < -0.3 is 4.98 Å². The fourth-order valence-corrected chi connectivity index (χ4v) is 2.54. The Bertz CT molecular complexity index is 593. The maximum atomic E-state index is 11.8. The molecule has 0 aromatic carbocycles. The minimum Gasteiger partial charge on any atom is -0.309 e. The Morgan fingerprint density at radius 1 is 1.39 bits per heavy atom. The van der Waals surface area contributed by atoms with Crippen LogP contribution < -0.4 is 5.56 Å². The molecule has 0 saturated carbocycles. The molecule has 18 heavy (non-hydrogen) atoms. The second-order valence-electron chi connectivity index (χ2n) is 4.36. The first kappa shape index (κ1) is 13.2. The number of aromatic nitrogens is 3. The van der Waals surface area contributed by atoms with E-state index in [1.807, 2.05) is 54.6 Å². The molecule has 0 atom stereocenters. The van der Waals surface area contributed by atoms with Gasteiger partial charge in [0.2, 0.25) is 0 Å². The van der Waals surface area contributed by atoms with Crippen molar-refractivity contribution in [3.05, 3.63) is 55.5 Å². The summed E-state index contributed by atoms with van der Waals surface area (Å²) in [6, 6.07) is 5.72. The Kier molecular flexibility index (Phi) is 4.11. The number of pyridine rings is 1. The van der Waals surface area contributed by atoms with Crippen LogP contribution in [-0.2, 0) is 6.42 Å². The van der Waals surface area contributed by atoms with Crippen LogP contribution in [0, 0.1) is 3.57 Å². The molecule has 2 heterocycles. The number of nitrogens with zero attached hydrogens (tertiary/aromatic N) is 2. The predicted octanol–water partition coefficient (Wildman–Crippen LogP) is 2.48. The predicted molar refractivity (Wildman–Crippen MR) is 78.7 cm³/mol. The van der Waals surface area contributed by atoms with Gasteiger partial charge in [-0.05, 0) is 40.6 Å². The summed E-state index contributed by atoms with van der Waals surface area (Å²) < 4.78 is 0.673. The van der Waals surface area contributed by atoms with Crippen molar-refractivity contribution in [3.63, 3.8) is 0 Å². The highest BCUT2D eigenvalue weighted by Crippen LogP contribution is 2.16. The summed E-state index contributed by atoms with van der Waals surface area (Å²) in [5, 5.41) is 0. The van der Waals surface area contributed by atoms with E-state index >= 15 is 0 Å². The molecule has 0 amide bonds. The van der Waals surface area contributed by atoms with Gasteiger partial charge in [0.05, 0.1) is 9.26 Å². The monoisotopic (exact) mass is 355 g/mol. The van der Waals surface area contributed by atoms with Crippen molar-refractivity contribution in [1.82, 2.24) is 15.0 Å². The highest BCUT2D eigenvalue weighted by molar-refractivity contribution is 14.1. The Morgan fingerprint density at radius 2 is 2.17 bits per heavy atom. The molecule has 2 aromatic rings. The van der Waals surface area contributed by atoms with Crippen molar-refractivity contribution in [2.24, 2.45) is 0 Å². The zero-order valence-corrected chi connectivity index (χ0v) is 12.4. The second-order valence-corrected chi connectivity index (χ2v) is 5.44. The minimum atomic E-state index is -0.0692.